The summed E-state index contributed by atoms with van der Waals surface area (Å²) in [6.45, 7) is 4.18. The second-order valence-corrected chi connectivity index (χ2v) is 7.68. The third-order valence-electron chi connectivity index (χ3n) is 6.22. The van der Waals surface area contributed by atoms with Crippen molar-refractivity contribution in [1.82, 2.24) is 14.9 Å². The van der Waals surface area contributed by atoms with Crippen molar-refractivity contribution in [2.75, 3.05) is 11.9 Å². The number of nitrogens with zero attached hydrogens (tertiary/aromatic N) is 3. The smallest absolute Gasteiger partial charge is 0.314 e. The number of aromatic nitrogens is 2. The van der Waals surface area contributed by atoms with Gasteiger partial charge in [0.05, 0.1) is 17.6 Å². The van der Waals surface area contributed by atoms with Gasteiger partial charge in [0, 0.05) is 30.2 Å². The number of fused-ring (bicyclic) bond motifs is 2. The van der Waals surface area contributed by atoms with E-state index >= 15 is 0 Å². The molecule has 2 aromatic rings. The molecule has 4 rings (SSSR count). The van der Waals surface area contributed by atoms with E-state index in [1.807, 2.05) is 49.1 Å². The Hall–Kier alpha value is -2.96. The third kappa shape index (κ3) is 3.34. The number of carbonyl (C=O) groups excluding carboxylic acids is 2. The maximum atomic E-state index is 13.2. The van der Waals surface area contributed by atoms with E-state index in [2.05, 4.69) is 15.3 Å². The van der Waals surface area contributed by atoms with Gasteiger partial charge in [-0.1, -0.05) is 25.1 Å². The molecular formula is C22H26N4O3. The fraction of sp³-hybridized carbons (Fsp3) is 0.455. The number of anilines is 2. The van der Waals surface area contributed by atoms with Crippen molar-refractivity contribution in [2.45, 2.75) is 51.6 Å². The highest BCUT2D eigenvalue weighted by Gasteiger charge is 2.61. The predicted octanol–water partition coefficient (Wildman–Crippen LogP) is 3.56. The Kier molecular flexibility index (Phi) is 5.22. The number of benzene rings is 1. The van der Waals surface area contributed by atoms with Crippen LogP contribution in [0.15, 0.2) is 42.7 Å². The first-order chi connectivity index (χ1) is 14.1. The molecule has 3 atom stereocenters. The van der Waals surface area contributed by atoms with Crippen LogP contribution in [-0.2, 0) is 9.53 Å². The molecule has 7 nitrogen and oxygen atoms in total. The van der Waals surface area contributed by atoms with Gasteiger partial charge in [0.2, 0.25) is 5.95 Å². The molecule has 3 heterocycles. The quantitative estimate of drug-likeness (QED) is 0.754. The van der Waals surface area contributed by atoms with Crippen LogP contribution in [0.25, 0.3) is 0 Å². The molecule has 1 aromatic carbocycles. The number of esters is 1. The van der Waals surface area contributed by atoms with E-state index in [4.69, 9.17) is 4.74 Å². The molecule has 2 bridgehead atoms. The van der Waals surface area contributed by atoms with Gasteiger partial charge in [-0.3, -0.25) is 9.59 Å². The minimum atomic E-state index is -0.593. The number of carbonyl (C=O) groups is 2. The van der Waals surface area contributed by atoms with E-state index in [1.165, 1.54) is 0 Å². The van der Waals surface area contributed by atoms with Gasteiger partial charge in [-0.25, -0.2) is 9.97 Å². The number of hydrogen-bond acceptors (Lipinski definition) is 6. The normalized spacial score (nSPS) is 25.1. The highest BCUT2D eigenvalue weighted by molar-refractivity contribution is 5.95. The van der Waals surface area contributed by atoms with Crippen molar-refractivity contribution >= 4 is 23.5 Å². The average molecular weight is 394 g/mol. The monoisotopic (exact) mass is 394 g/mol. The Bertz CT molecular complexity index is 887. The maximum absolute atomic E-state index is 13.2. The van der Waals surface area contributed by atoms with Gasteiger partial charge in [-0.2, -0.15) is 0 Å². The zero-order valence-electron chi connectivity index (χ0n) is 16.8. The topological polar surface area (TPSA) is 84.4 Å². The third-order valence-corrected chi connectivity index (χ3v) is 6.22. The van der Waals surface area contributed by atoms with Crippen molar-refractivity contribution in [2.24, 2.45) is 5.41 Å². The van der Waals surface area contributed by atoms with Gasteiger partial charge in [0.15, 0.2) is 0 Å². The molecule has 0 unspecified atom stereocenters. The molecule has 1 amide bonds. The largest absolute Gasteiger partial charge is 0.466 e. The molecule has 2 saturated heterocycles. The molecule has 152 valence electrons. The number of ether oxygens (including phenoxy) is 1. The lowest BCUT2D eigenvalue weighted by Gasteiger charge is -2.34. The van der Waals surface area contributed by atoms with E-state index < -0.39 is 5.41 Å². The highest BCUT2D eigenvalue weighted by Crippen LogP contribution is 2.52. The first-order valence-corrected chi connectivity index (χ1v) is 10.2. The molecule has 7 heteroatoms. The fourth-order valence-electron chi connectivity index (χ4n) is 4.81. The second kappa shape index (κ2) is 7.81. The van der Waals surface area contributed by atoms with E-state index in [0.29, 0.717) is 31.0 Å². The summed E-state index contributed by atoms with van der Waals surface area (Å²) in [4.78, 5) is 36.4. The zero-order chi connectivity index (χ0) is 20.4. The molecular weight excluding hydrogens is 368 g/mol. The van der Waals surface area contributed by atoms with Crippen LogP contribution >= 0.6 is 0 Å². The summed E-state index contributed by atoms with van der Waals surface area (Å²) in [5, 5.41) is 3.11. The number of para-hydroxylation sites is 1. The lowest BCUT2D eigenvalue weighted by atomic mass is 9.72. The molecule has 0 saturated carbocycles. The van der Waals surface area contributed by atoms with Gasteiger partial charge in [-0.05, 0) is 44.7 Å². The molecule has 1 N–H and O–H groups in total. The number of hydrogen-bond donors (Lipinski definition) is 1. The molecule has 1 aromatic heterocycles. The summed E-state index contributed by atoms with van der Waals surface area (Å²) in [6.07, 6.45) is 6.21. The van der Waals surface area contributed by atoms with Crippen molar-refractivity contribution in [3.63, 3.8) is 0 Å². The fourth-order valence-corrected chi connectivity index (χ4v) is 4.81. The first-order valence-electron chi connectivity index (χ1n) is 10.2. The highest BCUT2D eigenvalue weighted by atomic mass is 16.5. The minimum Gasteiger partial charge on any atom is -0.466 e. The van der Waals surface area contributed by atoms with Crippen LogP contribution in [-0.4, -0.2) is 45.4 Å². The Morgan fingerprint density at radius 1 is 1.17 bits per heavy atom. The molecule has 0 spiro atoms. The van der Waals surface area contributed by atoms with Crippen LogP contribution in [0.3, 0.4) is 0 Å². The summed E-state index contributed by atoms with van der Waals surface area (Å²) in [5.41, 5.74) is 0.729. The molecule has 0 radical (unpaired) electrons. The van der Waals surface area contributed by atoms with Gasteiger partial charge < -0.3 is 15.0 Å². The Morgan fingerprint density at radius 2 is 1.90 bits per heavy atom. The molecule has 2 fully saturated rings. The summed E-state index contributed by atoms with van der Waals surface area (Å²) >= 11 is 0. The van der Waals surface area contributed by atoms with Crippen LogP contribution in [0.2, 0.25) is 0 Å². The van der Waals surface area contributed by atoms with Gasteiger partial charge >= 0.3 is 5.97 Å². The Morgan fingerprint density at radius 3 is 2.55 bits per heavy atom. The maximum Gasteiger partial charge on any atom is 0.314 e. The van der Waals surface area contributed by atoms with Crippen LogP contribution in [0.5, 0.6) is 0 Å². The second-order valence-electron chi connectivity index (χ2n) is 7.68. The summed E-state index contributed by atoms with van der Waals surface area (Å²) < 4.78 is 5.37. The van der Waals surface area contributed by atoms with Gasteiger partial charge in [0.1, 0.15) is 0 Å². The van der Waals surface area contributed by atoms with Gasteiger partial charge in [0.25, 0.3) is 5.91 Å². The summed E-state index contributed by atoms with van der Waals surface area (Å²) in [7, 11) is 0. The number of amides is 1. The van der Waals surface area contributed by atoms with E-state index in [1.54, 1.807) is 12.4 Å². The first kappa shape index (κ1) is 19.4. The Labute approximate surface area is 170 Å². The van der Waals surface area contributed by atoms with Crippen LogP contribution < -0.4 is 5.32 Å². The van der Waals surface area contributed by atoms with Crippen molar-refractivity contribution in [1.29, 1.82) is 0 Å². The number of rotatable bonds is 6. The lowest BCUT2D eigenvalue weighted by molar-refractivity contribution is -0.157. The van der Waals surface area contributed by atoms with Crippen molar-refractivity contribution in [3.8, 4) is 0 Å². The zero-order valence-corrected chi connectivity index (χ0v) is 16.8. The molecule has 2 aliphatic heterocycles. The van der Waals surface area contributed by atoms with Gasteiger partial charge in [-0.15, -0.1) is 0 Å². The number of nitrogens with one attached hydrogen (secondary N) is 1. The van der Waals surface area contributed by atoms with E-state index in [0.717, 1.165) is 18.5 Å². The van der Waals surface area contributed by atoms with Crippen LogP contribution in [0, 0.1) is 5.41 Å². The summed E-state index contributed by atoms with van der Waals surface area (Å²) in [6, 6.07) is 9.57. The summed E-state index contributed by atoms with van der Waals surface area (Å²) in [5.74, 6) is 0.154. The van der Waals surface area contributed by atoms with Crippen LogP contribution in [0.4, 0.5) is 11.6 Å². The molecule has 0 aliphatic carbocycles. The molecule has 29 heavy (non-hydrogen) atoms. The average Bonchev–Trinajstić information content (AvgIpc) is 3.31. The minimum absolute atomic E-state index is 0.0685. The standard InChI is InChI=1S/C22H26N4O3/c1-3-22(20(28)29-4-2)12-17-10-11-18(22)26(17)19(27)15-13-23-21(24-14-15)25-16-8-6-5-7-9-16/h5-9,13-14,17-18H,3-4,10-12H2,1-2H3,(H,23,24,25)/t17-,18+,22+/m1/s1. The van der Waals surface area contributed by atoms with E-state index in [9.17, 15) is 9.59 Å². The van der Waals surface area contributed by atoms with Crippen LogP contribution in [0.1, 0.15) is 49.9 Å². The lowest BCUT2D eigenvalue weighted by Crippen LogP contribution is -2.45. The Balaban J connectivity index is 1.52. The molecule has 2 aliphatic rings. The van der Waals surface area contributed by atoms with Crippen molar-refractivity contribution < 1.29 is 14.3 Å². The SMILES string of the molecule is CCOC(=O)[C@@]1(CC)C[C@H]2CC[C@@H]1N2C(=O)c1cnc(Nc2ccccc2)nc1. The van der Waals surface area contributed by atoms with E-state index in [-0.39, 0.29) is 24.0 Å². The van der Waals surface area contributed by atoms with Crippen molar-refractivity contribution in [3.05, 3.63) is 48.3 Å². The predicted molar refractivity (Wildman–Crippen MR) is 109 cm³/mol.